The van der Waals surface area contributed by atoms with Crippen LogP contribution < -0.4 is 10.6 Å². The predicted molar refractivity (Wildman–Crippen MR) is 98.9 cm³/mol. The highest BCUT2D eigenvalue weighted by atomic mass is 127. The van der Waals surface area contributed by atoms with E-state index < -0.39 is 9.84 Å². The lowest BCUT2D eigenvalue weighted by atomic mass is 10.1. The fraction of sp³-hybridized carbons (Fsp3) is 0.0625. The Kier molecular flexibility index (Phi) is 4.15. The van der Waals surface area contributed by atoms with Crippen LogP contribution >= 0.6 is 22.6 Å². The Morgan fingerprint density at radius 2 is 1.91 bits per heavy atom. The highest BCUT2D eigenvalue weighted by Gasteiger charge is 2.25. The lowest BCUT2D eigenvalue weighted by Crippen LogP contribution is -2.05. The molecule has 2 aromatic rings. The molecule has 1 amide bonds. The molecule has 0 saturated carbocycles. The highest BCUT2D eigenvalue weighted by molar-refractivity contribution is 14.1. The summed E-state index contributed by atoms with van der Waals surface area (Å²) in [6.45, 7) is 0. The summed E-state index contributed by atoms with van der Waals surface area (Å²) in [5, 5.41) is 5.82. The van der Waals surface area contributed by atoms with Crippen LogP contribution in [0, 0.1) is 3.57 Å². The Labute approximate surface area is 147 Å². The van der Waals surface area contributed by atoms with Crippen LogP contribution in [0.1, 0.15) is 5.56 Å². The van der Waals surface area contributed by atoms with Crippen molar-refractivity contribution in [3.8, 4) is 0 Å². The number of halogens is 1. The van der Waals surface area contributed by atoms with Gasteiger partial charge >= 0.3 is 0 Å². The Morgan fingerprint density at radius 3 is 2.65 bits per heavy atom. The van der Waals surface area contributed by atoms with Crippen LogP contribution in [0.15, 0.2) is 53.6 Å². The fourth-order valence-electron chi connectivity index (χ4n) is 2.31. The lowest BCUT2D eigenvalue weighted by Gasteiger charge is -2.05. The normalized spacial score (nSPS) is 15.4. The number of amides is 1. The zero-order valence-electron chi connectivity index (χ0n) is 12.1. The van der Waals surface area contributed by atoms with Crippen molar-refractivity contribution in [3.63, 3.8) is 0 Å². The van der Waals surface area contributed by atoms with Crippen LogP contribution in [-0.4, -0.2) is 20.6 Å². The number of carbonyl (C=O) groups is 1. The van der Waals surface area contributed by atoms with Crippen LogP contribution in [0.25, 0.3) is 5.57 Å². The van der Waals surface area contributed by atoms with Crippen molar-refractivity contribution in [2.75, 3.05) is 16.9 Å². The number of benzene rings is 2. The van der Waals surface area contributed by atoms with Gasteiger partial charge in [0.15, 0.2) is 9.84 Å². The lowest BCUT2D eigenvalue weighted by molar-refractivity contribution is -0.110. The first-order chi connectivity index (χ1) is 10.9. The summed E-state index contributed by atoms with van der Waals surface area (Å²) in [5.74, 6) is -0.184. The third-order valence-corrected chi connectivity index (χ3v) is 5.43. The number of anilines is 2. The minimum atomic E-state index is -3.27. The molecule has 23 heavy (non-hydrogen) atoms. The molecule has 0 bridgehead atoms. The van der Waals surface area contributed by atoms with E-state index in [1.165, 1.54) is 12.1 Å². The molecule has 1 aliphatic rings. The maximum atomic E-state index is 12.1. The molecule has 0 saturated heterocycles. The first-order valence-electron chi connectivity index (χ1n) is 6.73. The second kappa shape index (κ2) is 5.97. The van der Waals surface area contributed by atoms with E-state index in [0.717, 1.165) is 21.1 Å². The van der Waals surface area contributed by atoms with Crippen molar-refractivity contribution < 1.29 is 13.2 Å². The minimum Gasteiger partial charge on any atom is -0.361 e. The minimum absolute atomic E-state index is 0.184. The van der Waals surface area contributed by atoms with Gasteiger partial charge in [-0.3, -0.25) is 4.79 Å². The van der Waals surface area contributed by atoms with Crippen molar-refractivity contribution in [1.82, 2.24) is 0 Å². The maximum Gasteiger partial charge on any atom is 0.257 e. The third kappa shape index (κ3) is 3.25. The monoisotopic (exact) mass is 440 g/mol. The van der Waals surface area contributed by atoms with Gasteiger partial charge in [-0.15, -0.1) is 0 Å². The number of nitrogens with one attached hydrogen (secondary N) is 2. The second-order valence-electron chi connectivity index (χ2n) is 5.12. The van der Waals surface area contributed by atoms with E-state index in [-0.39, 0.29) is 10.8 Å². The summed E-state index contributed by atoms with van der Waals surface area (Å²) in [4.78, 5) is 12.3. The van der Waals surface area contributed by atoms with Gasteiger partial charge in [0.2, 0.25) is 0 Å². The first-order valence-corrected chi connectivity index (χ1v) is 9.70. The quantitative estimate of drug-likeness (QED) is 0.569. The average Bonchev–Trinajstić information content (AvgIpc) is 2.81. The molecule has 1 aliphatic heterocycles. The first kappa shape index (κ1) is 16.0. The summed E-state index contributed by atoms with van der Waals surface area (Å²) in [7, 11) is -3.27. The van der Waals surface area contributed by atoms with Crippen LogP contribution in [-0.2, 0) is 14.6 Å². The number of carbonyl (C=O) groups excluding carboxylic acids is 1. The maximum absolute atomic E-state index is 12.1. The molecule has 0 radical (unpaired) electrons. The average molecular weight is 440 g/mol. The molecular formula is C16H13IN2O3S. The standard InChI is InChI=1S/C16H13IN2O3S/c1-23(21,22)11-5-2-4-10(8-11)18-9-12-15-13(17)6-3-7-14(15)19-16(12)20/h2-9,18H,1H3,(H,19,20)/b12-9-. The number of hydrogen-bond acceptors (Lipinski definition) is 4. The van der Waals surface area contributed by atoms with Gasteiger partial charge in [-0.25, -0.2) is 8.42 Å². The molecule has 0 aromatic heterocycles. The third-order valence-electron chi connectivity index (χ3n) is 3.42. The number of fused-ring (bicyclic) bond motifs is 1. The molecular weight excluding hydrogens is 427 g/mol. The number of hydrogen-bond donors (Lipinski definition) is 2. The molecule has 2 N–H and O–H groups in total. The van der Waals surface area contributed by atoms with Crippen molar-refractivity contribution >= 4 is 55.3 Å². The zero-order valence-corrected chi connectivity index (χ0v) is 15.1. The van der Waals surface area contributed by atoms with Crippen LogP contribution in [0.3, 0.4) is 0 Å². The van der Waals surface area contributed by atoms with E-state index in [1.807, 2.05) is 18.2 Å². The number of rotatable bonds is 3. The molecule has 5 nitrogen and oxygen atoms in total. The summed E-state index contributed by atoms with van der Waals surface area (Å²) in [6.07, 6.45) is 2.76. The van der Waals surface area contributed by atoms with Gasteiger partial charge in [0, 0.05) is 27.3 Å². The number of sulfone groups is 1. The fourth-order valence-corrected chi connectivity index (χ4v) is 3.77. The molecule has 0 aliphatic carbocycles. The van der Waals surface area contributed by atoms with Gasteiger partial charge in [-0.05, 0) is 52.9 Å². The highest BCUT2D eigenvalue weighted by Crippen LogP contribution is 2.35. The Hall–Kier alpha value is -1.87. The van der Waals surface area contributed by atoms with Gasteiger partial charge < -0.3 is 10.6 Å². The summed E-state index contributed by atoms with van der Waals surface area (Å²) in [6, 6.07) is 12.1. The van der Waals surface area contributed by atoms with E-state index in [2.05, 4.69) is 33.2 Å². The van der Waals surface area contributed by atoms with Crippen molar-refractivity contribution in [2.45, 2.75) is 4.90 Å². The van der Waals surface area contributed by atoms with Gasteiger partial charge in [-0.1, -0.05) is 12.1 Å². The second-order valence-corrected chi connectivity index (χ2v) is 8.30. The van der Waals surface area contributed by atoms with E-state index >= 15 is 0 Å². The molecule has 0 atom stereocenters. The van der Waals surface area contributed by atoms with Crippen LogP contribution in [0.2, 0.25) is 0 Å². The molecule has 0 fully saturated rings. The van der Waals surface area contributed by atoms with Crippen LogP contribution in [0.5, 0.6) is 0 Å². The van der Waals surface area contributed by atoms with E-state index in [0.29, 0.717) is 11.3 Å². The van der Waals surface area contributed by atoms with E-state index in [1.54, 1.807) is 18.3 Å². The van der Waals surface area contributed by atoms with Crippen molar-refractivity contribution in [3.05, 3.63) is 57.8 Å². The molecule has 3 rings (SSSR count). The molecule has 7 heteroatoms. The van der Waals surface area contributed by atoms with E-state index in [9.17, 15) is 13.2 Å². The van der Waals surface area contributed by atoms with Crippen LogP contribution in [0.4, 0.5) is 11.4 Å². The molecule has 0 unspecified atom stereocenters. The Bertz CT molecular complexity index is 936. The Balaban J connectivity index is 1.95. The Morgan fingerprint density at radius 1 is 1.17 bits per heavy atom. The topological polar surface area (TPSA) is 75.3 Å². The van der Waals surface area contributed by atoms with Crippen molar-refractivity contribution in [2.24, 2.45) is 0 Å². The van der Waals surface area contributed by atoms with E-state index in [4.69, 9.17) is 0 Å². The molecule has 2 aromatic carbocycles. The van der Waals surface area contributed by atoms with Gasteiger partial charge in [0.05, 0.1) is 16.2 Å². The summed E-state index contributed by atoms with van der Waals surface area (Å²) < 4.78 is 24.2. The van der Waals surface area contributed by atoms with Gasteiger partial charge in [0.25, 0.3) is 5.91 Å². The summed E-state index contributed by atoms with van der Waals surface area (Å²) in [5.41, 5.74) is 2.76. The molecule has 0 spiro atoms. The molecule has 1 heterocycles. The van der Waals surface area contributed by atoms with Gasteiger partial charge in [0.1, 0.15) is 0 Å². The van der Waals surface area contributed by atoms with Crippen molar-refractivity contribution in [1.29, 1.82) is 0 Å². The largest absolute Gasteiger partial charge is 0.361 e. The zero-order chi connectivity index (χ0) is 16.6. The molecule has 118 valence electrons. The SMILES string of the molecule is CS(=O)(=O)c1cccc(N/C=C2\C(=O)Nc3cccc(I)c32)c1. The van der Waals surface area contributed by atoms with Gasteiger partial charge in [-0.2, -0.15) is 0 Å². The predicted octanol–water partition coefficient (Wildman–Crippen LogP) is 3.10. The summed E-state index contributed by atoms with van der Waals surface area (Å²) >= 11 is 2.18. The smallest absolute Gasteiger partial charge is 0.257 e.